The standard InChI is InChI=1S/C15H21NO/c1-11-7-6-10-14(12(11)2)16-15(17)13-8-4-3-5-9-13/h3-5,8-9,11-12,14H,6-7,10H2,1-2H3,(H,16,17)/t11-,12+,14+/m0/s1. The van der Waals surface area contributed by atoms with Crippen molar-refractivity contribution in [2.24, 2.45) is 11.8 Å². The number of hydrogen-bond acceptors (Lipinski definition) is 1. The van der Waals surface area contributed by atoms with E-state index in [0.29, 0.717) is 17.9 Å². The summed E-state index contributed by atoms with van der Waals surface area (Å²) in [6.45, 7) is 4.53. The number of rotatable bonds is 2. The third-order valence-corrected chi connectivity index (χ3v) is 4.06. The van der Waals surface area contributed by atoms with Crippen LogP contribution >= 0.6 is 0 Å². The average Bonchev–Trinajstić information content (AvgIpc) is 2.36. The summed E-state index contributed by atoms with van der Waals surface area (Å²) >= 11 is 0. The molecule has 0 heterocycles. The Morgan fingerprint density at radius 3 is 2.59 bits per heavy atom. The third-order valence-electron chi connectivity index (χ3n) is 4.06. The van der Waals surface area contributed by atoms with Crippen LogP contribution in [-0.4, -0.2) is 11.9 Å². The quantitative estimate of drug-likeness (QED) is 0.831. The fourth-order valence-electron chi connectivity index (χ4n) is 2.63. The van der Waals surface area contributed by atoms with E-state index in [1.165, 1.54) is 12.8 Å². The van der Waals surface area contributed by atoms with Crippen molar-refractivity contribution in [3.8, 4) is 0 Å². The van der Waals surface area contributed by atoms with Gasteiger partial charge in [0.15, 0.2) is 0 Å². The zero-order valence-electron chi connectivity index (χ0n) is 10.6. The smallest absolute Gasteiger partial charge is 0.251 e. The molecular formula is C15H21NO. The Hall–Kier alpha value is -1.31. The highest BCUT2D eigenvalue weighted by Crippen LogP contribution is 2.29. The zero-order chi connectivity index (χ0) is 12.3. The maximum Gasteiger partial charge on any atom is 0.251 e. The molecule has 1 aromatic carbocycles. The predicted octanol–water partition coefficient (Wildman–Crippen LogP) is 3.24. The van der Waals surface area contributed by atoms with Gasteiger partial charge in [0.2, 0.25) is 0 Å². The number of amides is 1. The highest BCUT2D eigenvalue weighted by Gasteiger charge is 2.28. The van der Waals surface area contributed by atoms with Gasteiger partial charge in [-0.1, -0.05) is 44.9 Å². The molecule has 0 aliphatic heterocycles. The molecule has 1 N–H and O–H groups in total. The Morgan fingerprint density at radius 1 is 1.18 bits per heavy atom. The first-order valence-corrected chi connectivity index (χ1v) is 6.54. The van der Waals surface area contributed by atoms with Crippen molar-refractivity contribution in [3.63, 3.8) is 0 Å². The maximum absolute atomic E-state index is 12.1. The molecule has 0 unspecified atom stereocenters. The topological polar surface area (TPSA) is 29.1 Å². The molecule has 1 fully saturated rings. The summed E-state index contributed by atoms with van der Waals surface area (Å²) in [5.74, 6) is 1.36. The molecule has 2 nitrogen and oxygen atoms in total. The van der Waals surface area contributed by atoms with Gasteiger partial charge in [-0.3, -0.25) is 4.79 Å². The average molecular weight is 231 g/mol. The van der Waals surface area contributed by atoms with Gasteiger partial charge in [-0.2, -0.15) is 0 Å². The van der Waals surface area contributed by atoms with E-state index >= 15 is 0 Å². The molecule has 0 radical (unpaired) electrons. The summed E-state index contributed by atoms with van der Waals surface area (Å²) in [5.41, 5.74) is 0.762. The molecule has 1 amide bonds. The molecule has 1 aromatic rings. The highest BCUT2D eigenvalue weighted by molar-refractivity contribution is 5.94. The number of carbonyl (C=O) groups excluding carboxylic acids is 1. The molecule has 2 rings (SSSR count). The predicted molar refractivity (Wildman–Crippen MR) is 69.9 cm³/mol. The second-order valence-electron chi connectivity index (χ2n) is 5.21. The minimum absolute atomic E-state index is 0.0663. The van der Waals surface area contributed by atoms with Gasteiger partial charge < -0.3 is 5.32 Å². The van der Waals surface area contributed by atoms with Gasteiger partial charge >= 0.3 is 0 Å². The Balaban J connectivity index is 1.99. The summed E-state index contributed by atoms with van der Waals surface area (Å²) in [4.78, 5) is 12.1. The first kappa shape index (κ1) is 12.2. The molecule has 1 aliphatic rings. The van der Waals surface area contributed by atoms with E-state index in [0.717, 1.165) is 12.0 Å². The summed E-state index contributed by atoms with van der Waals surface area (Å²) in [6, 6.07) is 9.82. The minimum atomic E-state index is 0.0663. The number of hydrogen-bond donors (Lipinski definition) is 1. The monoisotopic (exact) mass is 231 g/mol. The fraction of sp³-hybridized carbons (Fsp3) is 0.533. The first-order chi connectivity index (χ1) is 8.18. The largest absolute Gasteiger partial charge is 0.349 e. The lowest BCUT2D eigenvalue weighted by Gasteiger charge is -2.34. The lowest BCUT2D eigenvalue weighted by atomic mass is 9.78. The van der Waals surface area contributed by atoms with E-state index in [2.05, 4.69) is 19.2 Å². The van der Waals surface area contributed by atoms with Crippen LogP contribution in [0.3, 0.4) is 0 Å². The number of benzene rings is 1. The Kier molecular flexibility index (Phi) is 3.82. The van der Waals surface area contributed by atoms with Crippen LogP contribution in [0.1, 0.15) is 43.5 Å². The van der Waals surface area contributed by atoms with E-state index in [4.69, 9.17) is 0 Å². The van der Waals surface area contributed by atoms with Crippen molar-refractivity contribution in [2.45, 2.75) is 39.2 Å². The summed E-state index contributed by atoms with van der Waals surface area (Å²) in [6.07, 6.45) is 3.63. The van der Waals surface area contributed by atoms with Crippen LogP contribution in [-0.2, 0) is 0 Å². The van der Waals surface area contributed by atoms with Gasteiger partial charge in [-0.15, -0.1) is 0 Å². The fourth-order valence-corrected chi connectivity index (χ4v) is 2.63. The molecule has 0 bridgehead atoms. The lowest BCUT2D eigenvalue weighted by molar-refractivity contribution is 0.0891. The van der Waals surface area contributed by atoms with E-state index < -0.39 is 0 Å². The van der Waals surface area contributed by atoms with Crippen molar-refractivity contribution >= 4 is 5.91 Å². The highest BCUT2D eigenvalue weighted by atomic mass is 16.1. The van der Waals surface area contributed by atoms with E-state index in [-0.39, 0.29) is 5.91 Å². The summed E-state index contributed by atoms with van der Waals surface area (Å²) in [7, 11) is 0. The molecule has 0 spiro atoms. The van der Waals surface area contributed by atoms with Crippen LogP contribution in [0.2, 0.25) is 0 Å². The Bertz CT molecular complexity index is 374. The Labute approximate surface area is 103 Å². The maximum atomic E-state index is 12.1. The second-order valence-corrected chi connectivity index (χ2v) is 5.21. The zero-order valence-corrected chi connectivity index (χ0v) is 10.6. The summed E-state index contributed by atoms with van der Waals surface area (Å²) < 4.78 is 0. The van der Waals surface area contributed by atoms with Crippen LogP contribution < -0.4 is 5.32 Å². The number of nitrogens with one attached hydrogen (secondary N) is 1. The molecule has 0 aromatic heterocycles. The van der Waals surface area contributed by atoms with Gasteiger partial charge in [0.25, 0.3) is 5.91 Å². The van der Waals surface area contributed by atoms with Crippen LogP contribution in [0.25, 0.3) is 0 Å². The van der Waals surface area contributed by atoms with Crippen LogP contribution in [0, 0.1) is 11.8 Å². The van der Waals surface area contributed by atoms with Crippen molar-refractivity contribution in [1.29, 1.82) is 0 Å². The molecule has 92 valence electrons. The van der Waals surface area contributed by atoms with E-state index in [1.807, 2.05) is 30.3 Å². The van der Waals surface area contributed by atoms with E-state index in [1.54, 1.807) is 0 Å². The van der Waals surface area contributed by atoms with Crippen molar-refractivity contribution in [1.82, 2.24) is 5.32 Å². The molecular weight excluding hydrogens is 210 g/mol. The van der Waals surface area contributed by atoms with Crippen molar-refractivity contribution < 1.29 is 4.79 Å². The van der Waals surface area contributed by atoms with Gasteiger partial charge in [-0.25, -0.2) is 0 Å². The molecule has 1 saturated carbocycles. The van der Waals surface area contributed by atoms with Crippen LogP contribution in [0.15, 0.2) is 30.3 Å². The van der Waals surface area contributed by atoms with E-state index in [9.17, 15) is 4.79 Å². The third kappa shape index (κ3) is 2.87. The molecule has 1 aliphatic carbocycles. The van der Waals surface area contributed by atoms with Crippen LogP contribution in [0.5, 0.6) is 0 Å². The second kappa shape index (κ2) is 5.35. The van der Waals surface area contributed by atoms with Crippen molar-refractivity contribution in [3.05, 3.63) is 35.9 Å². The van der Waals surface area contributed by atoms with Gasteiger partial charge in [0, 0.05) is 11.6 Å². The minimum Gasteiger partial charge on any atom is -0.349 e. The van der Waals surface area contributed by atoms with Gasteiger partial charge in [0.1, 0.15) is 0 Å². The molecule has 3 atom stereocenters. The number of carbonyl (C=O) groups is 1. The SMILES string of the molecule is C[C@@H]1[C@@H](C)CCC[C@H]1NC(=O)c1ccccc1. The normalized spacial score (nSPS) is 28.7. The van der Waals surface area contributed by atoms with Crippen LogP contribution in [0.4, 0.5) is 0 Å². The molecule has 17 heavy (non-hydrogen) atoms. The van der Waals surface area contributed by atoms with Gasteiger partial charge in [0.05, 0.1) is 0 Å². The summed E-state index contributed by atoms with van der Waals surface area (Å²) in [5, 5.41) is 3.18. The Morgan fingerprint density at radius 2 is 1.88 bits per heavy atom. The molecule has 2 heteroatoms. The lowest BCUT2D eigenvalue weighted by Crippen LogP contribution is -2.43. The molecule has 0 saturated heterocycles. The first-order valence-electron chi connectivity index (χ1n) is 6.54. The van der Waals surface area contributed by atoms with Crippen molar-refractivity contribution in [2.75, 3.05) is 0 Å². The van der Waals surface area contributed by atoms with Gasteiger partial charge in [-0.05, 0) is 30.4 Å².